The molecule has 20 heavy (non-hydrogen) atoms. The van der Waals surface area contributed by atoms with Gasteiger partial charge in [0.1, 0.15) is 5.69 Å². The van der Waals surface area contributed by atoms with Gasteiger partial charge >= 0.3 is 0 Å². The smallest absolute Gasteiger partial charge is 0.269 e. The van der Waals surface area contributed by atoms with Crippen LogP contribution < -0.4 is 10.6 Å². The summed E-state index contributed by atoms with van der Waals surface area (Å²) in [4.78, 5) is 16.0. The van der Waals surface area contributed by atoms with E-state index in [0.29, 0.717) is 18.7 Å². The van der Waals surface area contributed by atoms with Crippen LogP contribution in [0.1, 0.15) is 23.1 Å². The summed E-state index contributed by atoms with van der Waals surface area (Å²) < 4.78 is 1.75. The number of aryl methyl sites for hydroxylation is 1. The van der Waals surface area contributed by atoms with Gasteiger partial charge in [0.15, 0.2) is 0 Å². The first-order valence-electron chi connectivity index (χ1n) is 6.65. The number of hydrogen-bond acceptors (Lipinski definition) is 4. The molecule has 0 unspecified atom stereocenters. The number of aromatic nitrogens is 3. The molecular weight excluding hydrogens is 254 g/mol. The van der Waals surface area contributed by atoms with E-state index in [0.717, 1.165) is 17.9 Å². The second-order valence-corrected chi connectivity index (χ2v) is 4.45. The van der Waals surface area contributed by atoms with Gasteiger partial charge in [0, 0.05) is 32.8 Å². The first-order valence-corrected chi connectivity index (χ1v) is 6.65. The Bertz CT molecular complexity index is 561. The van der Waals surface area contributed by atoms with E-state index in [1.807, 2.05) is 32.3 Å². The van der Waals surface area contributed by atoms with Crippen molar-refractivity contribution >= 4 is 11.6 Å². The zero-order chi connectivity index (χ0) is 14.4. The molecule has 2 N–H and O–H groups in total. The van der Waals surface area contributed by atoms with Crippen LogP contribution in [-0.4, -0.2) is 33.8 Å². The first-order chi connectivity index (χ1) is 9.69. The Morgan fingerprint density at radius 2 is 2.20 bits per heavy atom. The molecule has 0 aromatic carbocycles. The van der Waals surface area contributed by atoms with E-state index in [-0.39, 0.29) is 5.91 Å². The minimum absolute atomic E-state index is 0.163. The van der Waals surface area contributed by atoms with E-state index >= 15 is 0 Å². The molecule has 2 aromatic rings. The minimum atomic E-state index is -0.163. The lowest BCUT2D eigenvalue weighted by Crippen LogP contribution is -2.26. The molecule has 0 radical (unpaired) electrons. The van der Waals surface area contributed by atoms with Gasteiger partial charge in [-0.3, -0.25) is 9.48 Å². The molecule has 0 saturated heterocycles. The number of anilines is 1. The maximum absolute atomic E-state index is 11.9. The van der Waals surface area contributed by atoms with Gasteiger partial charge in [-0.1, -0.05) is 0 Å². The predicted molar refractivity (Wildman–Crippen MR) is 77.6 cm³/mol. The van der Waals surface area contributed by atoms with Crippen molar-refractivity contribution in [3.63, 3.8) is 0 Å². The molecule has 0 aliphatic carbocycles. The number of pyridine rings is 1. The molecular formula is C14H19N5O. The summed E-state index contributed by atoms with van der Waals surface area (Å²) in [6, 6.07) is 5.51. The van der Waals surface area contributed by atoms with Gasteiger partial charge < -0.3 is 10.6 Å². The SMILES string of the molecule is CCNc1ccc(C(=O)NCCc2ccn(C)n2)nc1. The summed E-state index contributed by atoms with van der Waals surface area (Å²) in [7, 11) is 1.87. The van der Waals surface area contributed by atoms with E-state index in [1.165, 1.54) is 0 Å². The first kappa shape index (κ1) is 14.0. The number of amides is 1. The molecule has 0 fully saturated rings. The number of rotatable bonds is 6. The van der Waals surface area contributed by atoms with Crippen molar-refractivity contribution in [2.24, 2.45) is 7.05 Å². The second kappa shape index (κ2) is 6.70. The number of nitrogens with one attached hydrogen (secondary N) is 2. The fraction of sp³-hybridized carbons (Fsp3) is 0.357. The molecule has 0 aliphatic heterocycles. The summed E-state index contributed by atoms with van der Waals surface area (Å²) in [6.45, 7) is 3.39. The van der Waals surface area contributed by atoms with Gasteiger partial charge in [-0.25, -0.2) is 4.98 Å². The van der Waals surface area contributed by atoms with Crippen molar-refractivity contribution in [2.75, 3.05) is 18.4 Å². The Hall–Kier alpha value is -2.37. The van der Waals surface area contributed by atoms with E-state index < -0.39 is 0 Å². The third-order valence-corrected chi connectivity index (χ3v) is 2.81. The molecule has 106 valence electrons. The topological polar surface area (TPSA) is 71.8 Å². The Balaban J connectivity index is 1.82. The largest absolute Gasteiger partial charge is 0.384 e. The third kappa shape index (κ3) is 3.81. The van der Waals surface area contributed by atoms with Gasteiger partial charge in [0.2, 0.25) is 0 Å². The summed E-state index contributed by atoms with van der Waals surface area (Å²) >= 11 is 0. The minimum Gasteiger partial charge on any atom is -0.384 e. The van der Waals surface area contributed by atoms with Crippen molar-refractivity contribution in [3.8, 4) is 0 Å². The summed E-state index contributed by atoms with van der Waals surface area (Å²) in [5.74, 6) is -0.163. The van der Waals surface area contributed by atoms with Crippen molar-refractivity contribution in [1.82, 2.24) is 20.1 Å². The van der Waals surface area contributed by atoms with Crippen molar-refractivity contribution in [3.05, 3.63) is 42.0 Å². The average molecular weight is 273 g/mol. The van der Waals surface area contributed by atoms with Crippen LogP contribution in [0.3, 0.4) is 0 Å². The average Bonchev–Trinajstić information content (AvgIpc) is 2.85. The predicted octanol–water partition coefficient (Wildman–Crippen LogP) is 1.22. The Labute approximate surface area is 118 Å². The van der Waals surface area contributed by atoms with Crippen LogP contribution in [0, 0.1) is 0 Å². The Morgan fingerprint density at radius 3 is 2.80 bits per heavy atom. The van der Waals surface area contributed by atoms with Gasteiger partial charge in [-0.15, -0.1) is 0 Å². The van der Waals surface area contributed by atoms with Gasteiger partial charge in [0.25, 0.3) is 5.91 Å². The maximum Gasteiger partial charge on any atom is 0.269 e. The van der Waals surface area contributed by atoms with Crippen LogP contribution in [0.25, 0.3) is 0 Å². The van der Waals surface area contributed by atoms with Crippen LogP contribution in [0.15, 0.2) is 30.6 Å². The number of carbonyl (C=O) groups excluding carboxylic acids is 1. The lowest BCUT2D eigenvalue weighted by molar-refractivity contribution is 0.0949. The molecule has 2 rings (SSSR count). The quantitative estimate of drug-likeness (QED) is 0.830. The van der Waals surface area contributed by atoms with E-state index in [4.69, 9.17) is 0 Å². The molecule has 2 aromatic heterocycles. The molecule has 0 atom stereocenters. The fourth-order valence-corrected chi connectivity index (χ4v) is 1.83. The zero-order valence-electron chi connectivity index (χ0n) is 11.8. The molecule has 0 spiro atoms. The number of nitrogens with zero attached hydrogens (tertiary/aromatic N) is 3. The van der Waals surface area contributed by atoms with Crippen LogP contribution in [0.5, 0.6) is 0 Å². The lowest BCUT2D eigenvalue weighted by atomic mass is 10.3. The highest BCUT2D eigenvalue weighted by Crippen LogP contribution is 2.05. The van der Waals surface area contributed by atoms with Crippen molar-refractivity contribution in [2.45, 2.75) is 13.3 Å². The molecule has 6 heteroatoms. The van der Waals surface area contributed by atoms with Crippen LogP contribution in [0.2, 0.25) is 0 Å². The highest BCUT2D eigenvalue weighted by atomic mass is 16.1. The normalized spacial score (nSPS) is 10.3. The molecule has 0 aliphatic rings. The zero-order valence-corrected chi connectivity index (χ0v) is 11.8. The van der Waals surface area contributed by atoms with E-state index in [1.54, 1.807) is 16.9 Å². The summed E-state index contributed by atoms with van der Waals surface area (Å²) in [6.07, 6.45) is 4.26. The monoisotopic (exact) mass is 273 g/mol. The summed E-state index contributed by atoms with van der Waals surface area (Å²) in [5, 5.41) is 10.2. The molecule has 1 amide bonds. The van der Waals surface area contributed by atoms with Gasteiger partial charge in [-0.05, 0) is 25.1 Å². The highest BCUT2D eigenvalue weighted by Gasteiger charge is 2.06. The van der Waals surface area contributed by atoms with Crippen LogP contribution in [-0.2, 0) is 13.5 Å². The van der Waals surface area contributed by atoms with Crippen molar-refractivity contribution in [1.29, 1.82) is 0 Å². The second-order valence-electron chi connectivity index (χ2n) is 4.45. The number of hydrogen-bond donors (Lipinski definition) is 2. The summed E-state index contributed by atoms with van der Waals surface area (Å²) in [5.41, 5.74) is 2.30. The standard InChI is InChI=1S/C14H19N5O/c1-3-15-12-4-5-13(17-10-12)14(20)16-8-6-11-7-9-19(2)18-11/h4-5,7,9-10,15H,3,6,8H2,1-2H3,(H,16,20). The third-order valence-electron chi connectivity index (χ3n) is 2.81. The lowest BCUT2D eigenvalue weighted by Gasteiger charge is -2.05. The van der Waals surface area contributed by atoms with Gasteiger partial charge in [-0.2, -0.15) is 5.10 Å². The van der Waals surface area contributed by atoms with E-state index in [2.05, 4.69) is 20.7 Å². The Morgan fingerprint density at radius 1 is 1.35 bits per heavy atom. The highest BCUT2D eigenvalue weighted by molar-refractivity contribution is 5.92. The molecule has 0 saturated carbocycles. The fourth-order valence-electron chi connectivity index (χ4n) is 1.83. The van der Waals surface area contributed by atoms with Crippen molar-refractivity contribution < 1.29 is 4.79 Å². The van der Waals surface area contributed by atoms with Crippen LogP contribution in [0.4, 0.5) is 5.69 Å². The van der Waals surface area contributed by atoms with E-state index in [9.17, 15) is 4.79 Å². The van der Waals surface area contributed by atoms with Gasteiger partial charge in [0.05, 0.1) is 17.6 Å². The number of carbonyl (C=O) groups is 1. The van der Waals surface area contributed by atoms with Crippen LogP contribution >= 0.6 is 0 Å². The molecule has 2 heterocycles. The molecule has 6 nitrogen and oxygen atoms in total. The molecule has 0 bridgehead atoms. The maximum atomic E-state index is 11.9. The Kier molecular flexibility index (Phi) is 4.70.